The quantitative estimate of drug-likeness (QED) is 0.813. The highest BCUT2D eigenvalue weighted by atomic mass is 32.1. The van der Waals surface area contributed by atoms with Crippen LogP contribution in [0.1, 0.15) is 29.5 Å². The summed E-state index contributed by atoms with van der Waals surface area (Å²) in [6.45, 7) is 3.21. The van der Waals surface area contributed by atoms with Crippen LogP contribution < -0.4 is 4.90 Å². The molecule has 0 bridgehead atoms. The van der Waals surface area contributed by atoms with Gasteiger partial charge < -0.3 is 4.90 Å². The smallest absolute Gasteiger partial charge is 0.132 e. The number of hydrogen-bond donors (Lipinski definition) is 0. The molecule has 1 aliphatic rings. The second kappa shape index (κ2) is 4.45. The third kappa shape index (κ3) is 1.93. The molecule has 0 N–H and O–H groups in total. The molecule has 1 unspecified atom stereocenters. The van der Waals surface area contributed by atoms with Crippen LogP contribution in [0.3, 0.4) is 0 Å². The predicted octanol–water partition coefficient (Wildman–Crippen LogP) is 3.19. The van der Waals surface area contributed by atoms with Crippen LogP contribution in [0, 0.1) is 6.92 Å². The van der Waals surface area contributed by atoms with Crippen molar-refractivity contribution in [2.75, 3.05) is 11.4 Å². The maximum absolute atomic E-state index is 4.52. The summed E-state index contributed by atoms with van der Waals surface area (Å²) in [7, 11) is 0. The van der Waals surface area contributed by atoms with Gasteiger partial charge in [-0.2, -0.15) is 0 Å². The van der Waals surface area contributed by atoms with Gasteiger partial charge in [-0.05, 0) is 31.4 Å². The molecule has 3 rings (SSSR count). The van der Waals surface area contributed by atoms with Gasteiger partial charge in [-0.3, -0.25) is 0 Å². The highest BCUT2D eigenvalue weighted by Crippen LogP contribution is 2.36. The van der Waals surface area contributed by atoms with Gasteiger partial charge in [0.2, 0.25) is 0 Å². The molecule has 3 nitrogen and oxygen atoms in total. The van der Waals surface area contributed by atoms with Crippen molar-refractivity contribution in [3.63, 3.8) is 0 Å². The van der Waals surface area contributed by atoms with Crippen LogP contribution in [0.15, 0.2) is 29.9 Å². The van der Waals surface area contributed by atoms with Crippen molar-refractivity contribution < 1.29 is 0 Å². The van der Waals surface area contributed by atoms with Crippen LogP contribution in [-0.4, -0.2) is 16.5 Å². The number of rotatable bonds is 2. The number of anilines is 1. The molecule has 2 aromatic rings. The minimum atomic E-state index is 0.420. The van der Waals surface area contributed by atoms with Crippen LogP contribution in [0.25, 0.3) is 0 Å². The molecule has 0 saturated carbocycles. The monoisotopic (exact) mass is 245 g/mol. The summed E-state index contributed by atoms with van der Waals surface area (Å²) in [4.78, 5) is 11.4. The fraction of sp³-hybridized carbons (Fsp3) is 0.385. The molecule has 4 heteroatoms. The van der Waals surface area contributed by atoms with Crippen LogP contribution >= 0.6 is 11.3 Å². The van der Waals surface area contributed by atoms with Crippen LogP contribution in [0.4, 0.5) is 5.82 Å². The molecule has 0 amide bonds. The van der Waals surface area contributed by atoms with E-state index in [1.54, 1.807) is 11.3 Å². The minimum absolute atomic E-state index is 0.420. The number of hydrogen-bond acceptors (Lipinski definition) is 4. The lowest BCUT2D eigenvalue weighted by atomic mass is 10.2. The van der Waals surface area contributed by atoms with E-state index >= 15 is 0 Å². The first-order valence-corrected chi connectivity index (χ1v) is 6.82. The molecule has 0 aromatic carbocycles. The first-order chi connectivity index (χ1) is 8.36. The topological polar surface area (TPSA) is 29.0 Å². The van der Waals surface area contributed by atoms with E-state index in [0.717, 1.165) is 12.4 Å². The van der Waals surface area contributed by atoms with Crippen LogP contribution in [0.2, 0.25) is 0 Å². The van der Waals surface area contributed by atoms with Crippen molar-refractivity contribution in [1.82, 2.24) is 9.97 Å². The van der Waals surface area contributed by atoms with Crippen molar-refractivity contribution in [1.29, 1.82) is 0 Å². The van der Waals surface area contributed by atoms with Gasteiger partial charge >= 0.3 is 0 Å². The standard InChI is InChI=1S/C13H15N3S/c1-10-4-2-6-14-12(10)16-8-3-5-11(16)13-15-7-9-17-13/h2,4,6-7,9,11H,3,5,8H2,1H3. The molecule has 1 fully saturated rings. The Morgan fingerprint density at radius 2 is 2.29 bits per heavy atom. The van der Waals surface area contributed by atoms with Crippen molar-refractivity contribution >= 4 is 17.2 Å². The molecule has 17 heavy (non-hydrogen) atoms. The fourth-order valence-electron chi connectivity index (χ4n) is 2.45. The molecule has 0 spiro atoms. The van der Waals surface area contributed by atoms with E-state index in [-0.39, 0.29) is 0 Å². The van der Waals surface area contributed by atoms with E-state index < -0.39 is 0 Å². The third-order valence-electron chi connectivity index (χ3n) is 3.24. The number of pyridine rings is 1. The Morgan fingerprint density at radius 3 is 3.06 bits per heavy atom. The molecule has 0 aliphatic carbocycles. The van der Waals surface area contributed by atoms with Crippen LogP contribution in [-0.2, 0) is 0 Å². The minimum Gasteiger partial charge on any atom is -0.347 e. The highest BCUT2D eigenvalue weighted by molar-refractivity contribution is 7.09. The first-order valence-electron chi connectivity index (χ1n) is 5.94. The maximum atomic E-state index is 4.52. The van der Waals surface area contributed by atoms with E-state index in [1.165, 1.54) is 23.4 Å². The van der Waals surface area contributed by atoms with Gasteiger partial charge in [0.25, 0.3) is 0 Å². The van der Waals surface area contributed by atoms with E-state index in [0.29, 0.717) is 6.04 Å². The summed E-state index contributed by atoms with van der Waals surface area (Å²) in [5, 5.41) is 3.27. The zero-order valence-corrected chi connectivity index (χ0v) is 10.7. The summed E-state index contributed by atoms with van der Waals surface area (Å²) in [6, 6.07) is 4.54. The van der Waals surface area contributed by atoms with Gasteiger partial charge in [-0.1, -0.05) is 6.07 Å². The Kier molecular flexibility index (Phi) is 2.81. The van der Waals surface area contributed by atoms with E-state index in [1.807, 2.05) is 18.5 Å². The van der Waals surface area contributed by atoms with E-state index in [4.69, 9.17) is 0 Å². The maximum Gasteiger partial charge on any atom is 0.132 e. The van der Waals surface area contributed by atoms with Gasteiger partial charge in [0.05, 0.1) is 6.04 Å². The Bertz CT molecular complexity index is 495. The number of aromatic nitrogens is 2. The number of thiazole rings is 1. The second-order valence-corrected chi connectivity index (χ2v) is 5.29. The Balaban J connectivity index is 1.95. The molecule has 2 aromatic heterocycles. The van der Waals surface area contributed by atoms with Gasteiger partial charge in [0, 0.05) is 24.3 Å². The molecule has 1 aliphatic heterocycles. The lowest BCUT2D eigenvalue weighted by molar-refractivity contribution is 0.703. The van der Waals surface area contributed by atoms with Crippen molar-refractivity contribution in [3.8, 4) is 0 Å². The van der Waals surface area contributed by atoms with Crippen molar-refractivity contribution in [2.45, 2.75) is 25.8 Å². The molecule has 3 heterocycles. The SMILES string of the molecule is Cc1cccnc1N1CCCC1c1nccs1. The summed E-state index contributed by atoms with van der Waals surface area (Å²) >= 11 is 1.74. The van der Waals surface area contributed by atoms with Gasteiger partial charge in [0.1, 0.15) is 10.8 Å². The largest absolute Gasteiger partial charge is 0.347 e. The molecule has 1 atom stereocenters. The Labute approximate surface area is 105 Å². The summed E-state index contributed by atoms with van der Waals surface area (Å²) in [5.74, 6) is 1.12. The van der Waals surface area contributed by atoms with Crippen molar-refractivity contribution in [2.24, 2.45) is 0 Å². The van der Waals surface area contributed by atoms with Gasteiger partial charge in [-0.25, -0.2) is 9.97 Å². The predicted molar refractivity (Wildman–Crippen MR) is 70.4 cm³/mol. The number of nitrogens with zero attached hydrogens (tertiary/aromatic N) is 3. The zero-order chi connectivity index (χ0) is 11.7. The van der Waals surface area contributed by atoms with Gasteiger partial charge in [0.15, 0.2) is 0 Å². The summed E-state index contributed by atoms with van der Waals surface area (Å²) < 4.78 is 0. The normalized spacial score (nSPS) is 19.8. The first kappa shape index (κ1) is 10.7. The average molecular weight is 245 g/mol. The van der Waals surface area contributed by atoms with Crippen molar-refractivity contribution in [3.05, 3.63) is 40.5 Å². The van der Waals surface area contributed by atoms with Crippen LogP contribution in [0.5, 0.6) is 0 Å². The highest BCUT2D eigenvalue weighted by Gasteiger charge is 2.29. The number of aryl methyl sites for hydroxylation is 1. The third-order valence-corrected chi connectivity index (χ3v) is 4.12. The molecule has 1 saturated heterocycles. The molecular weight excluding hydrogens is 230 g/mol. The molecular formula is C13H15N3S. The lowest BCUT2D eigenvalue weighted by Crippen LogP contribution is -2.24. The Morgan fingerprint density at radius 1 is 1.35 bits per heavy atom. The second-order valence-electron chi connectivity index (χ2n) is 4.37. The zero-order valence-electron chi connectivity index (χ0n) is 9.84. The molecule has 0 radical (unpaired) electrons. The average Bonchev–Trinajstić information content (AvgIpc) is 3.00. The summed E-state index contributed by atoms with van der Waals surface area (Å²) in [6.07, 6.45) is 6.17. The Hall–Kier alpha value is -1.42. The van der Waals surface area contributed by atoms with Gasteiger partial charge in [-0.15, -0.1) is 11.3 Å². The molecule has 88 valence electrons. The summed E-state index contributed by atoms with van der Waals surface area (Å²) in [5.41, 5.74) is 1.25. The lowest BCUT2D eigenvalue weighted by Gasteiger charge is -2.25. The van der Waals surface area contributed by atoms with E-state index in [9.17, 15) is 0 Å². The fourth-order valence-corrected chi connectivity index (χ4v) is 3.24. The van der Waals surface area contributed by atoms with E-state index in [2.05, 4.69) is 33.2 Å².